The average Bonchev–Trinajstić information content (AvgIpc) is 3.19. The van der Waals surface area contributed by atoms with Crippen molar-refractivity contribution in [3.05, 3.63) is 40.3 Å². The number of amides is 1. The van der Waals surface area contributed by atoms with Gasteiger partial charge < -0.3 is 15.0 Å². The minimum atomic E-state index is -0.148. The van der Waals surface area contributed by atoms with Gasteiger partial charge in [-0.15, -0.1) is 11.3 Å². The first-order valence-corrected chi connectivity index (χ1v) is 10.6. The number of anilines is 2. The van der Waals surface area contributed by atoms with Gasteiger partial charge in [-0.3, -0.25) is 9.69 Å². The molecule has 0 aliphatic carbocycles. The number of carbonyl (C=O) groups is 1. The highest BCUT2D eigenvalue weighted by atomic mass is 32.1. The van der Waals surface area contributed by atoms with Crippen molar-refractivity contribution < 1.29 is 9.53 Å². The summed E-state index contributed by atoms with van der Waals surface area (Å²) in [4.78, 5) is 21.7. The molecule has 3 heterocycles. The SMILES string of the molecule is O=C(Nc1ccc(N2CCCCC2)cc1)c1csc(CN2CCOCC2)n1. The zero-order valence-corrected chi connectivity index (χ0v) is 16.3. The summed E-state index contributed by atoms with van der Waals surface area (Å²) in [6.07, 6.45) is 3.84. The maximum Gasteiger partial charge on any atom is 0.275 e. The van der Waals surface area contributed by atoms with Crippen LogP contribution in [0.3, 0.4) is 0 Å². The second kappa shape index (κ2) is 8.82. The molecule has 7 heteroatoms. The lowest BCUT2D eigenvalue weighted by atomic mass is 10.1. The topological polar surface area (TPSA) is 57.7 Å². The molecule has 2 saturated heterocycles. The Labute approximate surface area is 164 Å². The highest BCUT2D eigenvalue weighted by molar-refractivity contribution is 7.09. The highest BCUT2D eigenvalue weighted by Gasteiger charge is 2.16. The Balaban J connectivity index is 1.33. The van der Waals surface area contributed by atoms with Gasteiger partial charge in [0.05, 0.1) is 19.8 Å². The number of hydrogen-bond donors (Lipinski definition) is 1. The van der Waals surface area contributed by atoms with E-state index in [-0.39, 0.29) is 5.91 Å². The molecule has 0 bridgehead atoms. The van der Waals surface area contributed by atoms with E-state index < -0.39 is 0 Å². The van der Waals surface area contributed by atoms with Crippen molar-refractivity contribution in [3.63, 3.8) is 0 Å². The van der Waals surface area contributed by atoms with E-state index in [1.165, 1.54) is 24.9 Å². The van der Waals surface area contributed by atoms with Crippen LogP contribution in [0.25, 0.3) is 0 Å². The molecule has 144 valence electrons. The van der Waals surface area contributed by atoms with Gasteiger partial charge in [0.2, 0.25) is 0 Å². The summed E-state index contributed by atoms with van der Waals surface area (Å²) >= 11 is 1.54. The number of hydrogen-bond acceptors (Lipinski definition) is 6. The highest BCUT2D eigenvalue weighted by Crippen LogP contribution is 2.22. The lowest BCUT2D eigenvalue weighted by Gasteiger charge is -2.28. The van der Waals surface area contributed by atoms with E-state index in [1.807, 2.05) is 17.5 Å². The van der Waals surface area contributed by atoms with Gasteiger partial charge in [0.15, 0.2) is 0 Å². The Morgan fingerprint density at radius 1 is 1.07 bits per heavy atom. The third kappa shape index (κ3) is 4.86. The molecule has 0 unspecified atom stereocenters. The molecule has 1 aromatic carbocycles. The normalized spacial score (nSPS) is 18.4. The van der Waals surface area contributed by atoms with Gasteiger partial charge in [0.1, 0.15) is 10.7 Å². The van der Waals surface area contributed by atoms with Gasteiger partial charge in [-0.2, -0.15) is 0 Å². The number of nitrogens with one attached hydrogen (secondary N) is 1. The summed E-state index contributed by atoms with van der Waals surface area (Å²) in [6.45, 7) is 6.41. The quantitative estimate of drug-likeness (QED) is 0.855. The number of carbonyl (C=O) groups excluding carboxylic acids is 1. The van der Waals surface area contributed by atoms with Crippen LogP contribution in [0.15, 0.2) is 29.6 Å². The minimum absolute atomic E-state index is 0.148. The molecule has 2 aliphatic heterocycles. The molecule has 0 radical (unpaired) electrons. The Morgan fingerprint density at radius 2 is 1.81 bits per heavy atom. The van der Waals surface area contributed by atoms with Gasteiger partial charge >= 0.3 is 0 Å². The van der Waals surface area contributed by atoms with Crippen LogP contribution in [0.5, 0.6) is 0 Å². The third-order valence-corrected chi connectivity index (χ3v) is 5.93. The standard InChI is InChI=1S/C20H26N4O2S/c25-20(18-15-27-19(22-18)14-23-10-12-26-13-11-23)21-16-4-6-17(7-5-16)24-8-2-1-3-9-24/h4-7,15H,1-3,8-14H2,(H,21,25). The van der Waals surface area contributed by atoms with Crippen LogP contribution in [0.2, 0.25) is 0 Å². The second-order valence-corrected chi connectivity index (χ2v) is 8.01. The van der Waals surface area contributed by atoms with E-state index in [1.54, 1.807) is 11.3 Å². The van der Waals surface area contributed by atoms with Crippen molar-refractivity contribution in [2.75, 3.05) is 49.6 Å². The first-order chi connectivity index (χ1) is 13.3. The summed E-state index contributed by atoms with van der Waals surface area (Å²) in [6, 6.07) is 8.13. The van der Waals surface area contributed by atoms with Crippen LogP contribution in [-0.4, -0.2) is 55.2 Å². The maximum absolute atomic E-state index is 12.5. The van der Waals surface area contributed by atoms with Crippen molar-refractivity contribution in [1.29, 1.82) is 0 Å². The van der Waals surface area contributed by atoms with Crippen LogP contribution in [0.1, 0.15) is 34.8 Å². The van der Waals surface area contributed by atoms with Crippen molar-refractivity contribution in [1.82, 2.24) is 9.88 Å². The van der Waals surface area contributed by atoms with E-state index >= 15 is 0 Å². The van der Waals surface area contributed by atoms with Gasteiger partial charge in [0.25, 0.3) is 5.91 Å². The van der Waals surface area contributed by atoms with Gasteiger partial charge in [-0.05, 0) is 43.5 Å². The molecule has 1 amide bonds. The molecule has 1 N–H and O–H groups in total. The fourth-order valence-electron chi connectivity index (χ4n) is 3.54. The molecule has 2 fully saturated rings. The Morgan fingerprint density at radius 3 is 2.56 bits per heavy atom. The summed E-state index contributed by atoms with van der Waals surface area (Å²) in [5.41, 5.74) is 2.53. The van der Waals surface area contributed by atoms with Crippen LogP contribution >= 0.6 is 11.3 Å². The molecule has 4 rings (SSSR count). The smallest absolute Gasteiger partial charge is 0.275 e. The molecule has 6 nitrogen and oxygen atoms in total. The van der Waals surface area contributed by atoms with Gasteiger partial charge in [0, 0.05) is 42.9 Å². The molecular formula is C20H26N4O2S. The molecule has 0 atom stereocenters. The predicted molar refractivity (Wildman–Crippen MR) is 109 cm³/mol. The Kier molecular flexibility index (Phi) is 6.01. The fourth-order valence-corrected chi connectivity index (χ4v) is 4.36. The predicted octanol–water partition coefficient (Wildman–Crippen LogP) is 3.22. The molecule has 1 aromatic heterocycles. The van der Waals surface area contributed by atoms with Gasteiger partial charge in [-0.25, -0.2) is 4.98 Å². The van der Waals surface area contributed by atoms with Crippen LogP contribution < -0.4 is 10.2 Å². The first-order valence-electron chi connectivity index (χ1n) is 9.69. The largest absolute Gasteiger partial charge is 0.379 e. The summed E-state index contributed by atoms with van der Waals surface area (Å²) in [5.74, 6) is -0.148. The van der Waals surface area contributed by atoms with E-state index in [4.69, 9.17) is 4.74 Å². The Hall–Kier alpha value is -1.96. The lowest BCUT2D eigenvalue weighted by Crippen LogP contribution is -2.35. The van der Waals surface area contributed by atoms with E-state index in [2.05, 4.69) is 32.2 Å². The fraction of sp³-hybridized carbons (Fsp3) is 0.500. The number of nitrogens with zero attached hydrogens (tertiary/aromatic N) is 3. The Bertz CT molecular complexity index is 750. The van der Waals surface area contributed by atoms with E-state index in [9.17, 15) is 4.79 Å². The molecule has 0 spiro atoms. The van der Waals surface area contributed by atoms with Crippen LogP contribution in [0, 0.1) is 0 Å². The molecule has 2 aromatic rings. The average molecular weight is 387 g/mol. The molecular weight excluding hydrogens is 360 g/mol. The van der Waals surface area contributed by atoms with E-state index in [0.29, 0.717) is 5.69 Å². The minimum Gasteiger partial charge on any atom is -0.379 e. The lowest BCUT2D eigenvalue weighted by molar-refractivity contribution is 0.0341. The number of morpholine rings is 1. The van der Waals surface area contributed by atoms with Crippen molar-refractivity contribution in [2.24, 2.45) is 0 Å². The number of rotatable bonds is 5. The zero-order valence-electron chi connectivity index (χ0n) is 15.5. The number of piperidine rings is 1. The number of ether oxygens (including phenoxy) is 1. The van der Waals surface area contributed by atoms with Crippen LogP contribution in [0.4, 0.5) is 11.4 Å². The maximum atomic E-state index is 12.5. The van der Waals surface area contributed by atoms with Crippen LogP contribution in [-0.2, 0) is 11.3 Å². The van der Waals surface area contributed by atoms with Crippen molar-refractivity contribution in [2.45, 2.75) is 25.8 Å². The van der Waals surface area contributed by atoms with Crippen molar-refractivity contribution >= 4 is 28.6 Å². The first kappa shape index (κ1) is 18.4. The molecule has 2 aliphatic rings. The van der Waals surface area contributed by atoms with E-state index in [0.717, 1.165) is 56.6 Å². The number of aromatic nitrogens is 1. The summed E-state index contributed by atoms with van der Waals surface area (Å²) < 4.78 is 5.37. The number of thiazole rings is 1. The molecule has 0 saturated carbocycles. The monoisotopic (exact) mass is 386 g/mol. The van der Waals surface area contributed by atoms with Crippen molar-refractivity contribution in [3.8, 4) is 0 Å². The number of benzene rings is 1. The molecule has 27 heavy (non-hydrogen) atoms. The summed E-state index contributed by atoms with van der Waals surface area (Å²) in [7, 11) is 0. The van der Waals surface area contributed by atoms with Gasteiger partial charge in [-0.1, -0.05) is 0 Å². The third-order valence-electron chi connectivity index (χ3n) is 5.09. The summed E-state index contributed by atoms with van der Waals surface area (Å²) in [5, 5.41) is 5.77. The zero-order chi connectivity index (χ0) is 18.5. The second-order valence-electron chi connectivity index (χ2n) is 7.06.